The van der Waals surface area contributed by atoms with E-state index >= 15 is 0 Å². The summed E-state index contributed by atoms with van der Waals surface area (Å²) in [5, 5.41) is 6.76. The number of halogens is 1. The molecule has 2 aromatic rings. The summed E-state index contributed by atoms with van der Waals surface area (Å²) in [4.78, 5) is 8.05. The summed E-state index contributed by atoms with van der Waals surface area (Å²) in [6.45, 7) is 6.33. The average molecular weight is 374 g/mol. The molecule has 0 aliphatic rings. The summed E-state index contributed by atoms with van der Waals surface area (Å²) in [7, 11) is 2.10. The molecule has 2 rings (SSSR count). The Hall–Kier alpha value is -0.430. The first-order valence-electron chi connectivity index (χ1n) is 6.73. The number of nitrogens with one attached hydrogen (secondary N) is 1. The summed E-state index contributed by atoms with van der Waals surface area (Å²) in [5.74, 6) is 0. The Morgan fingerprint density at radius 2 is 2.30 bits per heavy atom. The maximum absolute atomic E-state index is 4.54. The molecule has 0 amide bonds. The van der Waals surface area contributed by atoms with Gasteiger partial charge in [0, 0.05) is 30.7 Å². The highest BCUT2D eigenvalue weighted by molar-refractivity contribution is 9.11. The zero-order valence-electron chi connectivity index (χ0n) is 12.0. The smallest absolute Gasteiger partial charge is 0.185 e. The van der Waals surface area contributed by atoms with Crippen molar-refractivity contribution in [2.75, 3.05) is 18.5 Å². The molecular formula is C14H20BrN3S2. The minimum Gasteiger partial charge on any atom is -0.347 e. The van der Waals surface area contributed by atoms with Crippen LogP contribution >= 0.6 is 38.6 Å². The summed E-state index contributed by atoms with van der Waals surface area (Å²) >= 11 is 7.00. The van der Waals surface area contributed by atoms with Gasteiger partial charge in [-0.1, -0.05) is 6.92 Å². The SMILES string of the molecule is CCCNC(C)c1cnc(N(C)Cc2csc(Br)c2)s1. The van der Waals surface area contributed by atoms with Crippen molar-refractivity contribution in [2.45, 2.75) is 32.9 Å². The van der Waals surface area contributed by atoms with Gasteiger partial charge in [-0.15, -0.1) is 22.7 Å². The van der Waals surface area contributed by atoms with Crippen molar-refractivity contribution in [1.29, 1.82) is 0 Å². The maximum Gasteiger partial charge on any atom is 0.185 e. The molecule has 6 heteroatoms. The van der Waals surface area contributed by atoms with Gasteiger partial charge in [0.25, 0.3) is 0 Å². The van der Waals surface area contributed by atoms with Crippen LogP contribution in [-0.4, -0.2) is 18.6 Å². The fraction of sp³-hybridized carbons (Fsp3) is 0.500. The fourth-order valence-corrected chi connectivity index (χ4v) is 3.99. The number of hydrogen-bond acceptors (Lipinski definition) is 5. The minimum atomic E-state index is 0.380. The molecule has 0 saturated heterocycles. The van der Waals surface area contributed by atoms with Crippen molar-refractivity contribution in [3.05, 3.63) is 31.9 Å². The second kappa shape index (κ2) is 7.54. The van der Waals surface area contributed by atoms with E-state index in [9.17, 15) is 0 Å². The Kier molecular flexibility index (Phi) is 6.01. The van der Waals surface area contributed by atoms with Gasteiger partial charge in [-0.25, -0.2) is 4.98 Å². The van der Waals surface area contributed by atoms with E-state index < -0.39 is 0 Å². The molecule has 2 aromatic heterocycles. The van der Waals surface area contributed by atoms with Gasteiger partial charge < -0.3 is 10.2 Å². The normalized spacial score (nSPS) is 12.6. The van der Waals surface area contributed by atoms with Gasteiger partial charge in [0.15, 0.2) is 5.13 Å². The van der Waals surface area contributed by atoms with Crippen LogP contribution in [0.15, 0.2) is 21.4 Å². The van der Waals surface area contributed by atoms with E-state index in [-0.39, 0.29) is 0 Å². The lowest BCUT2D eigenvalue weighted by Gasteiger charge is -2.15. The molecule has 0 radical (unpaired) electrons. The quantitative estimate of drug-likeness (QED) is 0.764. The Morgan fingerprint density at radius 1 is 1.50 bits per heavy atom. The van der Waals surface area contributed by atoms with Crippen LogP contribution in [-0.2, 0) is 6.54 Å². The van der Waals surface area contributed by atoms with Crippen molar-refractivity contribution in [1.82, 2.24) is 10.3 Å². The Labute approximate surface area is 137 Å². The third-order valence-corrected chi connectivity index (χ3v) is 5.85. The van der Waals surface area contributed by atoms with Crippen LogP contribution < -0.4 is 10.2 Å². The van der Waals surface area contributed by atoms with Crippen LogP contribution in [0.3, 0.4) is 0 Å². The van der Waals surface area contributed by atoms with Gasteiger partial charge in [0.2, 0.25) is 0 Å². The Balaban J connectivity index is 1.97. The van der Waals surface area contributed by atoms with E-state index in [2.05, 4.69) is 63.5 Å². The van der Waals surface area contributed by atoms with E-state index in [0.717, 1.165) is 24.6 Å². The molecule has 0 aromatic carbocycles. The number of nitrogens with zero attached hydrogens (tertiary/aromatic N) is 2. The van der Waals surface area contributed by atoms with E-state index in [0.29, 0.717) is 6.04 Å². The van der Waals surface area contributed by atoms with E-state index in [1.165, 1.54) is 14.2 Å². The molecule has 3 nitrogen and oxygen atoms in total. The van der Waals surface area contributed by atoms with Crippen molar-refractivity contribution in [3.63, 3.8) is 0 Å². The van der Waals surface area contributed by atoms with Gasteiger partial charge in [-0.2, -0.15) is 0 Å². The molecule has 110 valence electrons. The van der Waals surface area contributed by atoms with Crippen LogP contribution in [0.25, 0.3) is 0 Å². The first-order valence-corrected chi connectivity index (χ1v) is 9.22. The maximum atomic E-state index is 4.54. The van der Waals surface area contributed by atoms with Gasteiger partial charge >= 0.3 is 0 Å². The third-order valence-electron chi connectivity index (χ3n) is 3.01. The zero-order chi connectivity index (χ0) is 14.5. The van der Waals surface area contributed by atoms with Crippen LogP contribution in [0.4, 0.5) is 5.13 Å². The van der Waals surface area contributed by atoms with Crippen LogP contribution in [0.2, 0.25) is 0 Å². The molecule has 0 fully saturated rings. The lowest BCUT2D eigenvalue weighted by molar-refractivity contribution is 0.577. The molecule has 0 aliphatic carbocycles. The molecule has 1 N–H and O–H groups in total. The zero-order valence-corrected chi connectivity index (χ0v) is 15.2. The van der Waals surface area contributed by atoms with Gasteiger partial charge in [-0.05, 0) is 52.8 Å². The van der Waals surface area contributed by atoms with Crippen LogP contribution in [0.5, 0.6) is 0 Å². The summed E-state index contributed by atoms with van der Waals surface area (Å²) in [6, 6.07) is 2.55. The molecule has 2 heterocycles. The van der Waals surface area contributed by atoms with E-state index in [1.54, 1.807) is 22.7 Å². The standard InChI is InChI=1S/C14H20BrN3S2/c1-4-5-16-10(2)12-7-17-14(20-12)18(3)8-11-6-13(15)19-9-11/h6-7,9-10,16H,4-5,8H2,1-3H3. The first kappa shape index (κ1) is 15.9. The third kappa shape index (κ3) is 4.28. The monoisotopic (exact) mass is 373 g/mol. The lowest BCUT2D eigenvalue weighted by Crippen LogP contribution is -2.18. The van der Waals surface area contributed by atoms with Crippen molar-refractivity contribution in [3.8, 4) is 0 Å². The number of rotatable bonds is 7. The van der Waals surface area contributed by atoms with Gasteiger partial charge in [0.05, 0.1) is 3.79 Å². The predicted octanol–water partition coefficient (Wildman–Crippen LogP) is 4.66. The van der Waals surface area contributed by atoms with E-state index in [1.807, 2.05) is 6.20 Å². The highest BCUT2D eigenvalue weighted by Gasteiger charge is 2.12. The summed E-state index contributed by atoms with van der Waals surface area (Å²) in [6.07, 6.45) is 3.15. The largest absolute Gasteiger partial charge is 0.347 e. The molecule has 0 spiro atoms. The number of anilines is 1. The molecule has 0 aliphatic heterocycles. The highest BCUT2D eigenvalue weighted by Crippen LogP contribution is 2.28. The number of thiophene rings is 1. The van der Waals surface area contributed by atoms with E-state index in [4.69, 9.17) is 0 Å². The average Bonchev–Trinajstić information content (AvgIpc) is 3.05. The first-order chi connectivity index (χ1) is 9.60. The predicted molar refractivity (Wildman–Crippen MR) is 92.9 cm³/mol. The molecule has 0 bridgehead atoms. The molecular weight excluding hydrogens is 354 g/mol. The molecule has 20 heavy (non-hydrogen) atoms. The molecule has 0 saturated carbocycles. The second-order valence-corrected chi connectivity index (χ2v) is 8.17. The topological polar surface area (TPSA) is 28.2 Å². The minimum absolute atomic E-state index is 0.380. The second-order valence-electron chi connectivity index (χ2n) is 4.84. The van der Waals surface area contributed by atoms with Gasteiger partial charge in [-0.3, -0.25) is 0 Å². The Morgan fingerprint density at radius 3 is 2.95 bits per heavy atom. The van der Waals surface area contributed by atoms with Crippen LogP contribution in [0, 0.1) is 0 Å². The number of thiazole rings is 1. The molecule has 1 unspecified atom stereocenters. The van der Waals surface area contributed by atoms with Crippen molar-refractivity contribution < 1.29 is 0 Å². The van der Waals surface area contributed by atoms with Crippen LogP contribution in [0.1, 0.15) is 36.8 Å². The summed E-state index contributed by atoms with van der Waals surface area (Å²) in [5.41, 5.74) is 1.32. The van der Waals surface area contributed by atoms with Crippen molar-refractivity contribution in [2.24, 2.45) is 0 Å². The number of hydrogen-bond donors (Lipinski definition) is 1. The lowest BCUT2D eigenvalue weighted by atomic mass is 10.3. The molecule has 1 atom stereocenters. The van der Waals surface area contributed by atoms with Crippen molar-refractivity contribution >= 4 is 43.7 Å². The fourth-order valence-electron chi connectivity index (χ4n) is 1.89. The highest BCUT2D eigenvalue weighted by atomic mass is 79.9. The van der Waals surface area contributed by atoms with Gasteiger partial charge in [0.1, 0.15) is 0 Å². The summed E-state index contributed by atoms with van der Waals surface area (Å²) < 4.78 is 1.18. The Bertz CT molecular complexity index is 538. The number of aromatic nitrogens is 1.